The third-order valence-corrected chi connectivity index (χ3v) is 3.27. The number of ether oxygens (including phenoxy) is 2. The van der Waals surface area contributed by atoms with Crippen LogP contribution in [0.5, 0.6) is 11.5 Å². The molecule has 0 N–H and O–H groups in total. The Morgan fingerprint density at radius 3 is 2.48 bits per heavy atom. The fourth-order valence-corrected chi connectivity index (χ4v) is 2.22. The van der Waals surface area contributed by atoms with Crippen molar-refractivity contribution in [1.82, 2.24) is 0 Å². The summed E-state index contributed by atoms with van der Waals surface area (Å²) in [6.45, 7) is 4.40. The van der Waals surface area contributed by atoms with E-state index in [1.807, 2.05) is 36.4 Å². The maximum absolute atomic E-state index is 11.1. The van der Waals surface area contributed by atoms with E-state index in [1.54, 1.807) is 6.08 Å². The monoisotopic (exact) mass is 310 g/mol. The van der Waals surface area contributed by atoms with E-state index >= 15 is 0 Å². The molecule has 0 fully saturated rings. The van der Waals surface area contributed by atoms with Gasteiger partial charge in [-0.05, 0) is 53.8 Å². The van der Waals surface area contributed by atoms with Crippen molar-refractivity contribution in [2.45, 2.75) is 20.3 Å². The summed E-state index contributed by atoms with van der Waals surface area (Å²) < 4.78 is 10.4. The normalized spacial score (nSPS) is 11.0. The molecule has 0 atom stereocenters. The zero-order valence-electron chi connectivity index (χ0n) is 13.8. The van der Waals surface area contributed by atoms with Crippen LogP contribution in [0.4, 0.5) is 0 Å². The minimum Gasteiger partial charge on any atom is -0.466 e. The number of hydrogen-bond acceptors (Lipinski definition) is 3. The van der Waals surface area contributed by atoms with Gasteiger partial charge in [-0.1, -0.05) is 38.1 Å². The summed E-state index contributed by atoms with van der Waals surface area (Å²) in [6.07, 6.45) is 4.14. The summed E-state index contributed by atoms with van der Waals surface area (Å²) in [4.78, 5) is 11.1. The number of esters is 1. The van der Waals surface area contributed by atoms with Crippen molar-refractivity contribution < 1.29 is 14.3 Å². The van der Waals surface area contributed by atoms with Gasteiger partial charge in [0, 0.05) is 6.08 Å². The molecule has 0 unspecified atom stereocenters. The standard InChI is InChI=1S/C20H22O3/c1-15(2)13-17-5-4-6-19(14-17)23-18-10-7-16(8-11-18)9-12-20(21)22-3/h4-12,14-15H,13H2,1-3H3. The van der Waals surface area contributed by atoms with Crippen LogP contribution in [0.2, 0.25) is 0 Å². The molecule has 0 amide bonds. The van der Waals surface area contributed by atoms with Crippen LogP contribution in [0.25, 0.3) is 6.08 Å². The lowest BCUT2D eigenvalue weighted by Gasteiger charge is -2.09. The Kier molecular flexibility index (Phi) is 5.98. The minimum atomic E-state index is -0.368. The molecule has 0 aliphatic heterocycles. The van der Waals surface area contributed by atoms with Gasteiger partial charge in [0.2, 0.25) is 0 Å². The summed E-state index contributed by atoms with van der Waals surface area (Å²) in [7, 11) is 1.36. The molecule has 3 nitrogen and oxygen atoms in total. The average Bonchev–Trinajstić information content (AvgIpc) is 2.53. The lowest BCUT2D eigenvalue weighted by molar-refractivity contribution is -0.134. The van der Waals surface area contributed by atoms with Gasteiger partial charge in [0.05, 0.1) is 7.11 Å². The van der Waals surface area contributed by atoms with Crippen LogP contribution in [-0.4, -0.2) is 13.1 Å². The van der Waals surface area contributed by atoms with Gasteiger partial charge < -0.3 is 9.47 Å². The van der Waals surface area contributed by atoms with Gasteiger partial charge in [-0.15, -0.1) is 0 Å². The summed E-state index contributed by atoms with van der Waals surface area (Å²) >= 11 is 0. The molecule has 0 aliphatic carbocycles. The van der Waals surface area contributed by atoms with E-state index in [-0.39, 0.29) is 5.97 Å². The minimum absolute atomic E-state index is 0.368. The zero-order chi connectivity index (χ0) is 16.7. The first kappa shape index (κ1) is 16.8. The second kappa shape index (κ2) is 8.18. The van der Waals surface area contributed by atoms with E-state index < -0.39 is 0 Å². The van der Waals surface area contributed by atoms with E-state index in [0.29, 0.717) is 5.92 Å². The van der Waals surface area contributed by atoms with Crippen LogP contribution in [0, 0.1) is 5.92 Å². The molecule has 2 aromatic carbocycles. The molecule has 0 spiro atoms. The van der Waals surface area contributed by atoms with Crippen LogP contribution in [0.1, 0.15) is 25.0 Å². The maximum atomic E-state index is 11.1. The van der Waals surface area contributed by atoms with Crippen molar-refractivity contribution >= 4 is 12.0 Å². The molecule has 0 radical (unpaired) electrons. The predicted molar refractivity (Wildman–Crippen MR) is 92.6 cm³/mol. The molecule has 120 valence electrons. The highest BCUT2D eigenvalue weighted by Gasteiger charge is 2.02. The summed E-state index contributed by atoms with van der Waals surface area (Å²) in [5.41, 5.74) is 2.19. The molecule has 23 heavy (non-hydrogen) atoms. The van der Waals surface area contributed by atoms with Crippen LogP contribution in [0.3, 0.4) is 0 Å². The number of methoxy groups -OCH3 is 1. The lowest BCUT2D eigenvalue weighted by Crippen LogP contribution is -1.94. The highest BCUT2D eigenvalue weighted by Crippen LogP contribution is 2.23. The average molecular weight is 310 g/mol. The van der Waals surface area contributed by atoms with E-state index in [1.165, 1.54) is 18.7 Å². The molecule has 0 heterocycles. The van der Waals surface area contributed by atoms with Crippen molar-refractivity contribution in [3.05, 3.63) is 65.7 Å². The van der Waals surface area contributed by atoms with E-state index in [0.717, 1.165) is 23.5 Å². The van der Waals surface area contributed by atoms with Gasteiger partial charge in [-0.2, -0.15) is 0 Å². The molecule has 0 saturated heterocycles. The maximum Gasteiger partial charge on any atom is 0.330 e. The van der Waals surface area contributed by atoms with E-state index in [2.05, 4.69) is 30.7 Å². The van der Waals surface area contributed by atoms with Gasteiger partial charge in [0.15, 0.2) is 0 Å². The van der Waals surface area contributed by atoms with Crippen molar-refractivity contribution in [2.75, 3.05) is 7.11 Å². The van der Waals surface area contributed by atoms with Crippen molar-refractivity contribution in [1.29, 1.82) is 0 Å². The van der Waals surface area contributed by atoms with Crippen molar-refractivity contribution in [2.24, 2.45) is 5.92 Å². The molecule has 2 rings (SSSR count). The van der Waals surface area contributed by atoms with Gasteiger partial charge in [0.25, 0.3) is 0 Å². The third kappa shape index (κ3) is 5.62. The Bertz CT molecular complexity index is 670. The number of carbonyl (C=O) groups excluding carboxylic acids is 1. The van der Waals surface area contributed by atoms with Gasteiger partial charge in [0.1, 0.15) is 11.5 Å². The fourth-order valence-electron chi connectivity index (χ4n) is 2.22. The number of hydrogen-bond donors (Lipinski definition) is 0. The smallest absolute Gasteiger partial charge is 0.330 e. The Balaban J connectivity index is 2.03. The van der Waals surface area contributed by atoms with Crippen LogP contribution in [0.15, 0.2) is 54.6 Å². The molecule has 0 aromatic heterocycles. The Labute approximate surface area is 137 Å². The molecule has 0 aliphatic rings. The van der Waals surface area contributed by atoms with Crippen LogP contribution in [-0.2, 0) is 16.0 Å². The lowest BCUT2D eigenvalue weighted by atomic mass is 10.0. The topological polar surface area (TPSA) is 35.5 Å². The Morgan fingerprint density at radius 2 is 1.83 bits per heavy atom. The molecule has 2 aromatic rings. The Hall–Kier alpha value is -2.55. The third-order valence-electron chi connectivity index (χ3n) is 3.27. The second-order valence-corrected chi connectivity index (χ2v) is 5.77. The molecular weight excluding hydrogens is 288 g/mol. The zero-order valence-corrected chi connectivity index (χ0v) is 13.8. The van der Waals surface area contributed by atoms with Crippen LogP contribution < -0.4 is 4.74 Å². The van der Waals surface area contributed by atoms with Crippen molar-refractivity contribution in [3.63, 3.8) is 0 Å². The SMILES string of the molecule is COC(=O)C=Cc1ccc(Oc2cccc(CC(C)C)c2)cc1. The summed E-state index contributed by atoms with van der Waals surface area (Å²) in [5.74, 6) is 1.85. The predicted octanol–water partition coefficient (Wildman–Crippen LogP) is 4.86. The largest absolute Gasteiger partial charge is 0.466 e. The van der Waals surface area contributed by atoms with Gasteiger partial charge >= 0.3 is 5.97 Å². The van der Waals surface area contributed by atoms with Crippen molar-refractivity contribution in [3.8, 4) is 11.5 Å². The molecular formula is C20H22O3. The molecule has 0 saturated carbocycles. The quantitative estimate of drug-likeness (QED) is 0.564. The Morgan fingerprint density at radius 1 is 1.09 bits per heavy atom. The van der Waals surface area contributed by atoms with Crippen LogP contribution >= 0.6 is 0 Å². The second-order valence-electron chi connectivity index (χ2n) is 5.77. The highest BCUT2D eigenvalue weighted by molar-refractivity contribution is 5.86. The summed E-state index contributed by atoms with van der Waals surface area (Å²) in [6, 6.07) is 15.7. The van der Waals surface area contributed by atoms with E-state index in [4.69, 9.17) is 4.74 Å². The number of benzene rings is 2. The first-order valence-electron chi connectivity index (χ1n) is 7.69. The first-order chi connectivity index (χ1) is 11.1. The molecule has 3 heteroatoms. The number of carbonyl (C=O) groups is 1. The molecule has 0 bridgehead atoms. The fraction of sp³-hybridized carbons (Fsp3) is 0.250. The highest BCUT2D eigenvalue weighted by atomic mass is 16.5. The van der Waals surface area contributed by atoms with Gasteiger partial charge in [-0.3, -0.25) is 0 Å². The van der Waals surface area contributed by atoms with E-state index in [9.17, 15) is 4.79 Å². The number of rotatable bonds is 6. The van der Waals surface area contributed by atoms with Gasteiger partial charge in [-0.25, -0.2) is 4.79 Å². The first-order valence-corrected chi connectivity index (χ1v) is 7.69. The summed E-state index contributed by atoms with van der Waals surface area (Å²) in [5, 5.41) is 0.